The predicted molar refractivity (Wildman–Crippen MR) is 156 cm³/mol. The van der Waals surface area contributed by atoms with Crippen LogP contribution in [-0.2, 0) is 4.79 Å². The molecule has 12 heteroatoms. The summed E-state index contributed by atoms with van der Waals surface area (Å²) in [6.07, 6.45) is 9.02. The Morgan fingerprint density at radius 1 is 1.12 bits per heavy atom. The number of halogens is 1. The second-order valence-electron chi connectivity index (χ2n) is 10.7. The van der Waals surface area contributed by atoms with Gasteiger partial charge in [0.1, 0.15) is 35.5 Å². The number of piperazine rings is 1. The highest BCUT2D eigenvalue weighted by molar-refractivity contribution is 5.89. The maximum absolute atomic E-state index is 15.6. The van der Waals surface area contributed by atoms with E-state index in [0.717, 1.165) is 25.1 Å². The molecule has 2 aliphatic rings. The highest BCUT2D eigenvalue weighted by Gasteiger charge is 2.48. The highest BCUT2D eigenvalue weighted by Crippen LogP contribution is 2.41. The smallest absolute Gasteiger partial charge is 0.246 e. The number of ether oxygens (including phenoxy) is 1. The second-order valence-corrected chi connectivity index (χ2v) is 10.7. The maximum atomic E-state index is 15.6. The molecule has 0 unspecified atom stereocenters. The van der Waals surface area contributed by atoms with E-state index in [1.165, 1.54) is 18.7 Å². The van der Waals surface area contributed by atoms with Gasteiger partial charge in [0.15, 0.2) is 17.3 Å². The SMILES string of the molecule is C=CC(=O)N1CCN(c2ccc3ncnc(Nc4ccc(Oc5ccn6ncnc6c5)c(C)c4F)c3n2)CC12CCC2. The Hall–Kier alpha value is -5.13. The van der Waals surface area contributed by atoms with Crippen molar-refractivity contribution in [2.75, 3.05) is 29.9 Å². The van der Waals surface area contributed by atoms with E-state index in [1.807, 2.05) is 17.0 Å². The zero-order valence-electron chi connectivity index (χ0n) is 23.0. The van der Waals surface area contributed by atoms with E-state index in [9.17, 15) is 4.79 Å². The first-order chi connectivity index (χ1) is 20.4. The monoisotopic (exact) mass is 565 g/mol. The topological polar surface area (TPSA) is 114 Å². The number of carbonyl (C=O) groups excluding carboxylic acids is 1. The Bertz CT molecular complexity index is 1850. The number of anilines is 3. The third-order valence-electron chi connectivity index (χ3n) is 8.24. The molecule has 0 atom stereocenters. The molecular formula is C30H28FN9O2. The largest absolute Gasteiger partial charge is 0.457 e. The lowest BCUT2D eigenvalue weighted by Crippen LogP contribution is -2.67. The first kappa shape index (κ1) is 25.8. The zero-order chi connectivity index (χ0) is 28.8. The summed E-state index contributed by atoms with van der Waals surface area (Å²) in [4.78, 5) is 34.5. The molecule has 0 bridgehead atoms. The molecule has 5 heterocycles. The number of carbonyl (C=O) groups is 1. The van der Waals surface area contributed by atoms with Crippen molar-refractivity contribution in [1.29, 1.82) is 0 Å². The molecule has 5 aromatic rings. The lowest BCUT2D eigenvalue weighted by Gasteiger charge is -2.55. The van der Waals surface area contributed by atoms with E-state index in [0.29, 0.717) is 59.2 Å². The molecule has 7 rings (SSSR count). The van der Waals surface area contributed by atoms with Gasteiger partial charge in [-0.05, 0) is 62.6 Å². The molecule has 1 amide bonds. The van der Waals surface area contributed by atoms with E-state index >= 15 is 4.39 Å². The number of hydrogen-bond acceptors (Lipinski definition) is 9. The number of aromatic nitrogens is 6. The molecule has 1 aromatic carbocycles. The first-order valence-electron chi connectivity index (χ1n) is 13.8. The third kappa shape index (κ3) is 4.35. The van der Waals surface area contributed by atoms with Crippen molar-refractivity contribution >= 4 is 39.9 Å². The van der Waals surface area contributed by atoms with Crippen molar-refractivity contribution in [2.45, 2.75) is 31.7 Å². The minimum absolute atomic E-state index is 0.0224. The van der Waals surface area contributed by atoms with Crippen LogP contribution in [0.15, 0.2) is 67.9 Å². The van der Waals surface area contributed by atoms with E-state index < -0.39 is 5.82 Å². The quantitative estimate of drug-likeness (QED) is 0.290. The van der Waals surface area contributed by atoms with Crippen LogP contribution in [0.2, 0.25) is 0 Å². The Labute approximate surface area is 240 Å². The van der Waals surface area contributed by atoms with Crippen molar-refractivity contribution in [2.24, 2.45) is 0 Å². The van der Waals surface area contributed by atoms with E-state index in [1.54, 1.807) is 41.9 Å². The fourth-order valence-electron chi connectivity index (χ4n) is 5.83. The van der Waals surface area contributed by atoms with Gasteiger partial charge in [0, 0.05) is 37.5 Å². The minimum Gasteiger partial charge on any atom is -0.457 e. The number of amides is 1. The summed E-state index contributed by atoms with van der Waals surface area (Å²) in [5.74, 6) is 1.58. The summed E-state index contributed by atoms with van der Waals surface area (Å²) in [5.41, 5.74) is 2.18. The summed E-state index contributed by atoms with van der Waals surface area (Å²) in [6, 6.07) is 10.6. The summed E-state index contributed by atoms with van der Waals surface area (Å²) in [5, 5.41) is 7.19. The number of benzene rings is 1. The van der Waals surface area contributed by atoms with Crippen molar-refractivity contribution in [3.8, 4) is 11.5 Å². The van der Waals surface area contributed by atoms with Crippen molar-refractivity contribution < 1.29 is 13.9 Å². The summed E-state index contributed by atoms with van der Waals surface area (Å²) in [7, 11) is 0. The molecule has 4 aromatic heterocycles. The van der Waals surface area contributed by atoms with Crippen LogP contribution in [-0.4, -0.2) is 65.5 Å². The lowest BCUT2D eigenvalue weighted by molar-refractivity contribution is -0.137. The number of hydrogen-bond donors (Lipinski definition) is 1. The van der Waals surface area contributed by atoms with Crippen LogP contribution >= 0.6 is 0 Å². The standard InChI is InChI=1S/C30H28FN9O2/c1-3-26(41)39-14-13-38(16-30(39)10-4-11-30)24-8-6-22-28(37-24)29(34-17-32-22)36-21-5-7-23(19(2)27(21)31)42-20-9-12-40-25(15-20)33-18-35-40/h3,5-9,12,15,17-18H,1,4,10-11,13-14,16H2,2H3,(H,32,34,36). The van der Waals surface area contributed by atoms with Gasteiger partial charge in [0.05, 0.1) is 16.7 Å². The average molecular weight is 566 g/mol. The Morgan fingerprint density at radius 3 is 2.81 bits per heavy atom. The maximum Gasteiger partial charge on any atom is 0.246 e. The van der Waals surface area contributed by atoms with E-state index in [2.05, 4.69) is 36.8 Å². The van der Waals surface area contributed by atoms with Gasteiger partial charge in [-0.2, -0.15) is 5.10 Å². The van der Waals surface area contributed by atoms with Gasteiger partial charge in [0.25, 0.3) is 0 Å². The number of nitrogens with one attached hydrogen (secondary N) is 1. The van der Waals surface area contributed by atoms with E-state index in [-0.39, 0.29) is 17.1 Å². The number of nitrogens with zero attached hydrogens (tertiary/aromatic N) is 8. The van der Waals surface area contributed by atoms with Gasteiger partial charge >= 0.3 is 0 Å². The van der Waals surface area contributed by atoms with E-state index in [4.69, 9.17) is 9.72 Å². The zero-order valence-corrected chi connectivity index (χ0v) is 23.0. The molecule has 1 aliphatic carbocycles. The molecular weight excluding hydrogens is 537 g/mol. The van der Waals surface area contributed by atoms with Gasteiger partial charge in [-0.15, -0.1) is 0 Å². The fourth-order valence-corrected chi connectivity index (χ4v) is 5.83. The van der Waals surface area contributed by atoms with Gasteiger partial charge in [-0.1, -0.05) is 6.58 Å². The third-order valence-corrected chi connectivity index (χ3v) is 8.24. The predicted octanol–water partition coefficient (Wildman–Crippen LogP) is 4.81. The van der Waals surface area contributed by atoms with Crippen LogP contribution in [0, 0.1) is 12.7 Å². The molecule has 42 heavy (non-hydrogen) atoms. The van der Waals surface area contributed by atoms with Gasteiger partial charge in [0.2, 0.25) is 5.91 Å². The molecule has 1 spiro atoms. The van der Waals surface area contributed by atoms with Crippen LogP contribution in [0.5, 0.6) is 11.5 Å². The van der Waals surface area contributed by atoms with Crippen LogP contribution < -0.4 is 15.0 Å². The lowest BCUT2D eigenvalue weighted by atomic mass is 9.73. The van der Waals surface area contributed by atoms with Crippen molar-refractivity contribution in [3.63, 3.8) is 0 Å². The van der Waals surface area contributed by atoms with Gasteiger partial charge in [-0.3, -0.25) is 4.79 Å². The fraction of sp³-hybridized carbons (Fsp3) is 0.267. The van der Waals surface area contributed by atoms with Gasteiger partial charge < -0.3 is 19.9 Å². The molecule has 1 N–H and O–H groups in total. The summed E-state index contributed by atoms with van der Waals surface area (Å²) >= 11 is 0. The number of fused-ring (bicyclic) bond motifs is 2. The Balaban J connectivity index is 1.15. The first-order valence-corrected chi connectivity index (χ1v) is 13.8. The molecule has 212 valence electrons. The number of rotatable bonds is 6. The van der Waals surface area contributed by atoms with Crippen molar-refractivity contribution in [3.05, 3.63) is 79.3 Å². The van der Waals surface area contributed by atoms with Crippen molar-refractivity contribution in [1.82, 2.24) is 34.4 Å². The van der Waals surface area contributed by atoms with Crippen LogP contribution in [0.25, 0.3) is 16.7 Å². The molecule has 1 saturated carbocycles. The normalized spacial score (nSPS) is 16.0. The van der Waals surface area contributed by atoms with Gasteiger partial charge in [-0.25, -0.2) is 28.8 Å². The average Bonchev–Trinajstić information content (AvgIpc) is 3.47. The molecule has 11 nitrogen and oxygen atoms in total. The second kappa shape index (κ2) is 10.1. The van der Waals surface area contributed by atoms with Crippen LogP contribution in [0.4, 0.5) is 21.7 Å². The highest BCUT2D eigenvalue weighted by atomic mass is 19.1. The van der Waals surface area contributed by atoms with Crippen LogP contribution in [0.1, 0.15) is 24.8 Å². The molecule has 1 aliphatic heterocycles. The molecule has 0 radical (unpaired) electrons. The van der Waals surface area contributed by atoms with Crippen LogP contribution in [0.3, 0.4) is 0 Å². The Kier molecular flexibility index (Phi) is 6.18. The minimum atomic E-state index is -0.464. The summed E-state index contributed by atoms with van der Waals surface area (Å²) in [6.45, 7) is 7.29. The molecule has 2 fully saturated rings. The number of pyridine rings is 2. The Morgan fingerprint density at radius 2 is 2.00 bits per heavy atom. The summed E-state index contributed by atoms with van der Waals surface area (Å²) < 4.78 is 23.2. The molecule has 1 saturated heterocycles.